The molecule has 0 unspecified atom stereocenters. The van der Waals surface area contributed by atoms with Gasteiger partial charge in [0.2, 0.25) is 0 Å². The molecule has 3 N–H and O–H groups in total. The van der Waals surface area contributed by atoms with Gasteiger partial charge in [0, 0.05) is 41.9 Å². The zero-order valence-electron chi connectivity index (χ0n) is 28.7. The van der Waals surface area contributed by atoms with Gasteiger partial charge in [0.15, 0.2) is 11.8 Å². The molecule has 1 atom stereocenters. The first-order valence-corrected chi connectivity index (χ1v) is 16.1. The molecule has 4 aromatic rings. The van der Waals surface area contributed by atoms with Crippen LogP contribution >= 0.6 is 11.6 Å². The normalized spacial score (nSPS) is 13.1. The summed E-state index contributed by atoms with van der Waals surface area (Å²) in [6, 6.07) is 5.58. The molecular formula is C33H35ClF7N9O3. The molecule has 0 saturated carbocycles. The molecule has 2 aromatic carbocycles. The third-order valence-corrected chi connectivity index (χ3v) is 7.86. The van der Waals surface area contributed by atoms with E-state index in [0.29, 0.717) is 18.0 Å². The van der Waals surface area contributed by atoms with E-state index in [0.717, 1.165) is 35.8 Å². The van der Waals surface area contributed by atoms with E-state index in [2.05, 4.69) is 20.2 Å². The maximum absolute atomic E-state index is 15.5. The zero-order valence-corrected chi connectivity index (χ0v) is 29.5. The van der Waals surface area contributed by atoms with Crippen molar-refractivity contribution in [3.63, 3.8) is 0 Å². The van der Waals surface area contributed by atoms with Gasteiger partial charge in [-0.15, -0.1) is 0 Å². The number of ether oxygens (including phenoxy) is 1. The average molecular weight is 774 g/mol. The molecule has 0 aliphatic carbocycles. The molecule has 0 bridgehead atoms. The summed E-state index contributed by atoms with van der Waals surface area (Å²) in [6.07, 6.45) is 1.97. The first-order chi connectivity index (χ1) is 24.8. The van der Waals surface area contributed by atoms with Gasteiger partial charge in [0.25, 0.3) is 11.8 Å². The Morgan fingerprint density at radius 2 is 1.75 bits per heavy atom. The fourth-order valence-electron chi connectivity index (χ4n) is 4.85. The average Bonchev–Trinajstić information content (AvgIpc) is 3.76. The lowest BCUT2D eigenvalue weighted by atomic mass is 9.92. The van der Waals surface area contributed by atoms with Crippen molar-refractivity contribution in [2.75, 3.05) is 19.7 Å². The van der Waals surface area contributed by atoms with Gasteiger partial charge in [0.05, 0.1) is 23.8 Å². The fraction of sp³-hybridized carbons (Fsp3) is 0.394. The summed E-state index contributed by atoms with van der Waals surface area (Å²) in [7, 11) is 0. The van der Waals surface area contributed by atoms with E-state index in [4.69, 9.17) is 22.1 Å². The molecule has 0 radical (unpaired) electrons. The second-order valence-electron chi connectivity index (χ2n) is 13.0. The highest BCUT2D eigenvalue weighted by Gasteiger charge is 2.33. The van der Waals surface area contributed by atoms with Gasteiger partial charge < -0.3 is 15.8 Å². The Labute approximate surface area is 303 Å². The summed E-state index contributed by atoms with van der Waals surface area (Å²) in [5.41, 5.74) is 5.67. The largest absolute Gasteiger partial charge is 0.447 e. The first-order valence-electron chi connectivity index (χ1n) is 15.8. The van der Waals surface area contributed by atoms with Crippen molar-refractivity contribution in [3.05, 3.63) is 77.1 Å². The predicted molar refractivity (Wildman–Crippen MR) is 180 cm³/mol. The van der Waals surface area contributed by atoms with Crippen LogP contribution in [0.1, 0.15) is 69.2 Å². The number of nitrogens with one attached hydrogen (secondary N) is 1. The maximum Gasteiger partial charge on any atom is 0.407 e. The number of aromatic nitrogens is 5. The number of carbonyl (C=O) groups excluding carboxylic acids is 2. The number of amides is 2. The van der Waals surface area contributed by atoms with E-state index in [1.54, 1.807) is 0 Å². The summed E-state index contributed by atoms with van der Waals surface area (Å²) in [5.74, 6) is -6.11. The monoisotopic (exact) mass is 773 g/mol. The standard InChI is InChI=1S/C33H35ClF7N9O3/c1-32(2,3)9-10-43-30(42)49(27(51)19-5-7-21(24(35)12-19)20-13-46-48(14-20)28(36)37)25(15-53-31(52)44-16-33(4,40)41)18-6-8-23(34)22(11-18)26-45-17-47-50(26)29(38)39/h5-8,11-14,17,25,28-29H,9-10,15-16H2,1-4H3,(H2,42,43)(H,44,52)/t25-/m1/s1. The molecule has 12 nitrogen and oxygen atoms in total. The molecule has 2 amide bonds. The first kappa shape index (κ1) is 40.6. The zero-order chi connectivity index (χ0) is 39.2. The molecule has 53 heavy (non-hydrogen) atoms. The molecule has 2 heterocycles. The number of nitrogens with two attached hydrogens (primary N) is 1. The molecule has 0 saturated heterocycles. The maximum atomic E-state index is 15.5. The lowest BCUT2D eigenvalue weighted by Gasteiger charge is -2.32. The number of aliphatic imine (C=N–C) groups is 1. The third-order valence-electron chi connectivity index (χ3n) is 7.53. The topological polar surface area (TPSA) is 146 Å². The summed E-state index contributed by atoms with van der Waals surface area (Å²) in [4.78, 5) is 36.0. The van der Waals surface area contributed by atoms with Gasteiger partial charge in [-0.05, 0) is 41.7 Å². The number of hydrogen-bond acceptors (Lipinski definition) is 7. The predicted octanol–water partition coefficient (Wildman–Crippen LogP) is 7.71. The van der Waals surface area contributed by atoms with E-state index in [9.17, 15) is 35.9 Å². The molecule has 0 fully saturated rings. The summed E-state index contributed by atoms with van der Waals surface area (Å²) in [6.45, 7) is -1.54. The molecular weight excluding hydrogens is 739 g/mol. The minimum Gasteiger partial charge on any atom is -0.447 e. The van der Waals surface area contributed by atoms with E-state index in [1.165, 1.54) is 24.3 Å². The van der Waals surface area contributed by atoms with Crippen molar-refractivity contribution in [3.8, 4) is 22.5 Å². The summed E-state index contributed by atoms with van der Waals surface area (Å²) < 4.78 is 102. The Morgan fingerprint density at radius 3 is 2.36 bits per heavy atom. The number of halogens is 8. The Hall–Kier alpha value is -5.20. The Bertz CT molecular complexity index is 1940. The highest BCUT2D eigenvalue weighted by atomic mass is 35.5. The van der Waals surface area contributed by atoms with Gasteiger partial charge in [-0.3, -0.25) is 14.7 Å². The Balaban J connectivity index is 1.84. The number of carbonyl (C=O) groups is 2. The van der Waals surface area contributed by atoms with E-state index < -0.39 is 62.0 Å². The highest BCUT2D eigenvalue weighted by molar-refractivity contribution is 6.33. The fourth-order valence-corrected chi connectivity index (χ4v) is 5.05. The highest BCUT2D eigenvalue weighted by Crippen LogP contribution is 2.34. The van der Waals surface area contributed by atoms with E-state index in [1.807, 2.05) is 26.1 Å². The van der Waals surface area contributed by atoms with Crippen LogP contribution in [0.15, 0.2) is 60.1 Å². The summed E-state index contributed by atoms with van der Waals surface area (Å²) in [5, 5.41) is 8.85. The van der Waals surface area contributed by atoms with Crippen LogP contribution in [0, 0.1) is 11.2 Å². The molecule has 4 rings (SSSR count). The van der Waals surface area contributed by atoms with E-state index >= 15 is 4.39 Å². The Kier molecular flexibility index (Phi) is 12.7. The van der Waals surface area contributed by atoms with Crippen LogP contribution in [-0.4, -0.2) is 73.0 Å². The van der Waals surface area contributed by atoms with Crippen molar-refractivity contribution >= 4 is 29.6 Å². The second-order valence-corrected chi connectivity index (χ2v) is 13.4. The van der Waals surface area contributed by atoms with Crippen LogP contribution in [0.25, 0.3) is 22.5 Å². The van der Waals surface area contributed by atoms with E-state index in [-0.39, 0.29) is 55.3 Å². The van der Waals surface area contributed by atoms with Gasteiger partial charge in [-0.1, -0.05) is 44.5 Å². The molecule has 0 aliphatic rings. The van der Waals surface area contributed by atoms with Gasteiger partial charge >= 0.3 is 19.2 Å². The number of alkyl carbamates (subject to hydrolysis) is 1. The number of nitrogens with zero attached hydrogens (tertiary/aromatic N) is 7. The SMILES string of the molecule is CC(C)(C)CCN=C(N)N(C(=O)c1ccc(-c2cnn(C(F)F)c2)c(F)c1)[C@H](COC(=O)NCC(C)(F)F)c1ccc(Cl)c(-c2ncnn2C(F)F)c1. The number of rotatable bonds is 13. The second kappa shape index (κ2) is 16.6. The van der Waals surface area contributed by atoms with Crippen LogP contribution < -0.4 is 11.1 Å². The van der Waals surface area contributed by atoms with Crippen LogP contribution in [0.2, 0.25) is 5.02 Å². The number of alkyl halides is 6. The molecule has 20 heteroatoms. The number of guanidine groups is 1. The van der Waals surface area contributed by atoms with Crippen LogP contribution in [0.5, 0.6) is 0 Å². The smallest absolute Gasteiger partial charge is 0.407 e. The van der Waals surface area contributed by atoms with Crippen molar-refractivity contribution < 1.29 is 45.1 Å². The minimum absolute atomic E-state index is 0.0119. The molecule has 2 aromatic heterocycles. The third kappa shape index (κ3) is 10.7. The lowest BCUT2D eigenvalue weighted by Crippen LogP contribution is -2.47. The molecule has 0 aliphatic heterocycles. The number of hydrogen-bond donors (Lipinski definition) is 2. The molecule has 0 spiro atoms. The minimum atomic E-state index is -3.30. The van der Waals surface area contributed by atoms with Gasteiger partial charge in [-0.25, -0.2) is 27.6 Å². The van der Waals surface area contributed by atoms with Gasteiger partial charge in [-0.2, -0.15) is 32.4 Å². The van der Waals surface area contributed by atoms with Crippen molar-refractivity contribution in [1.82, 2.24) is 34.8 Å². The van der Waals surface area contributed by atoms with Gasteiger partial charge in [0.1, 0.15) is 18.8 Å². The van der Waals surface area contributed by atoms with Crippen molar-refractivity contribution in [1.29, 1.82) is 0 Å². The quantitative estimate of drug-likeness (QED) is 0.0805. The van der Waals surface area contributed by atoms with Crippen molar-refractivity contribution in [2.24, 2.45) is 16.1 Å². The molecule has 286 valence electrons. The summed E-state index contributed by atoms with van der Waals surface area (Å²) >= 11 is 6.38. The Morgan fingerprint density at radius 1 is 1.04 bits per heavy atom. The number of benzene rings is 2. The van der Waals surface area contributed by atoms with Crippen LogP contribution in [0.4, 0.5) is 35.5 Å². The van der Waals surface area contributed by atoms with Crippen LogP contribution in [-0.2, 0) is 4.74 Å². The van der Waals surface area contributed by atoms with Crippen LogP contribution in [0.3, 0.4) is 0 Å². The lowest BCUT2D eigenvalue weighted by molar-refractivity contribution is 0.0203. The van der Waals surface area contributed by atoms with Crippen molar-refractivity contribution in [2.45, 2.75) is 59.2 Å².